The van der Waals surface area contributed by atoms with Gasteiger partial charge in [-0.3, -0.25) is 4.79 Å². The molecule has 2 N–H and O–H groups in total. The summed E-state index contributed by atoms with van der Waals surface area (Å²) in [4.78, 5) is 11.5. The number of halogens is 2. The Morgan fingerprint density at radius 1 is 1.45 bits per heavy atom. The fraction of sp³-hybridized carbons (Fsp3) is 0.214. The maximum absolute atomic E-state index is 11.5. The zero-order valence-electron chi connectivity index (χ0n) is 10.5. The van der Waals surface area contributed by atoms with Crippen molar-refractivity contribution in [3.63, 3.8) is 0 Å². The highest BCUT2D eigenvalue weighted by Gasteiger charge is 2.20. The predicted molar refractivity (Wildman–Crippen MR) is 81.1 cm³/mol. The van der Waals surface area contributed by atoms with Gasteiger partial charge in [0, 0.05) is 10.2 Å². The first kappa shape index (κ1) is 15.1. The molecule has 106 valence electrons. The summed E-state index contributed by atoms with van der Waals surface area (Å²) in [5.41, 5.74) is 1.37. The Morgan fingerprint density at radius 2 is 2.25 bits per heavy atom. The summed E-state index contributed by atoms with van der Waals surface area (Å²) in [5, 5.41) is 12.4. The van der Waals surface area contributed by atoms with Gasteiger partial charge in [0.2, 0.25) is 5.91 Å². The van der Waals surface area contributed by atoms with Crippen molar-refractivity contribution in [3.05, 3.63) is 52.4 Å². The van der Waals surface area contributed by atoms with Gasteiger partial charge in [-0.05, 0) is 35.9 Å². The molecule has 6 heteroatoms. The van der Waals surface area contributed by atoms with Crippen LogP contribution in [-0.2, 0) is 4.79 Å². The number of carbonyl (C=O) groups is 1. The van der Waals surface area contributed by atoms with E-state index in [0.717, 1.165) is 10.0 Å². The van der Waals surface area contributed by atoms with Crippen LogP contribution in [0.3, 0.4) is 0 Å². The number of alkyl halides is 1. The van der Waals surface area contributed by atoms with Crippen molar-refractivity contribution in [1.29, 1.82) is 0 Å². The molecule has 0 bridgehead atoms. The van der Waals surface area contributed by atoms with Gasteiger partial charge in [-0.15, -0.1) is 11.6 Å². The second kappa shape index (κ2) is 6.92. The molecule has 0 radical (unpaired) electrons. The quantitative estimate of drug-likeness (QED) is 0.806. The van der Waals surface area contributed by atoms with Gasteiger partial charge >= 0.3 is 0 Å². The fourth-order valence-corrected chi connectivity index (χ4v) is 2.40. The van der Waals surface area contributed by atoms with Crippen LogP contribution in [0.2, 0.25) is 0 Å². The van der Waals surface area contributed by atoms with Crippen molar-refractivity contribution < 1.29 is 14.3 Å². The molecule has 20 heavy (non-hydrogen) atoms. The lowest BCUT2D eigenvalue weighted by Crippen LogP contribution is -2.16. The van der Waals surface area contributed by atoms with Gasteiger partial charge in [-0.2, -0.15) is 0 Å². The number of nitrogens with one attached hydrogen (secondary N) is 1. The summed E-state index contributed by atoms with van der Waals surface area (Å²) in [6, 6.07) is 8.95. The molecule has 0 aliphatic rings. The number of aliphatic hydroxyl groups is 1. The van der Waals surface area contributed by atoms with Crippen LogP contribution in [0.1, 0.15) is 17.2 Å². The van der Waals surface area contributed by atoms with Crippen molar-refractivity contribution in [3.8, 4) is 0 Å². The van der Waals surface area contributed by atoms with Crippen molar-refractivity contribution in [2.24, 2.45) is 0 Å². The number of amides is 1. The summed E-state index contributed by atoms with van der Waals surface area (Å²) >= 11 is 8.90. The minimum Gasteiger partial charge on any atom is -0.469 e. The summed E-state index contributed by atoms with van der Waals surface area (Å²) in [6.45, 7) is -0.131. The Morgan fingerprint density at radius 3 is 2.85 bits per heavy atom. The van der Waals surface area contributed by atoms with Crippen LogP contribution in [-0.4, -0.2) is 23.5 Å². The van der Waals surface area contributed by atoms with E-state index in [1.54, 1.807) is 24.5 Å². The standard InChI is InChI=1S/C14H13BrClNO3/c15-9-3-4-12(17-14(19)7-16)10(6-9)11(8-18)13-2-1-5-20-13/h1-6,11,18H,7-8H2,(H,17,19). The first-order chi connectivity index (χ1) is 9.65. The van der Waals surface area contributed by atoms with Crippen LogP contribution in [0.5, 0.6) is 0 Å². The molecule has 1 amide bonds. The van der Waals surface area contributed by atoms with Gasteiger partial charge < -0.3 is 14.8 Å². The summed E-state index contributed by atoms with van der Waals surface area (Å²) in [6.07, 6.45) is 1.55. The van der Waals surface area contributed by atoms with Gasteiger partial charge in [0.25, 0.3) is 0 Å². The van der Waals surface area contributed by atoms with Gasteiger partial charge in [0.1, 0.15) is 11.6 Å². The van der Waals surface area contributed by atoms with Crippen LogP contribution < -0.4 is 5.32 Å². The lowest BCUT2D eigenvalue weighted by atomic mass is 9.95. The largest absolute Gasteiger partial charge is 0.469 e. The second-order valence-electron chi connectivity index (χ2n) is 4.16. The molecule has 0 saturated carbocycles. The van der Waals surface area contributed by atoms with E-state index in [1.165, 1.54) is 0 Å². The third-order valence-corrected chi connectivity index (χ3v) is 3.59. The molecule has 2 aromatic rings. The maximum Gasteiger partial charge on any atom is 0.239 e. The lowest BCUT2D eigenvalue weighted by Gasteiger charge is -2.17. The highest BCUT2D eigenvalue weighted by Crippen LogP contribution is 2.32. The summed E-state index contributed by atoms with van der Waals surface area (Å²) < 4.78 is 6.20. The number of hydrogen-bond donors (Lipinski definition) is 2. The molecule has 1 aromatic heterocycles. The molecule has 1 heterocycles. The van der Waals surface area contributed by atoms with Gasteiger partial charge in [0.05, 0.1) is 18.8 Å². The molecular weight excluding hydrogens is 346 g/mol. The first-order valence-electron chi connectivity index (χ1n) is 5.95. The Balaban J connectivity index is 2.42. The van der Waals surface area contributed by atoms with Crippen LogP contribution >= 0.6 is 27.5 Å². The highest BCUT2D eigenvalue weighted by molar-refractivity contribution is 9.10. The Kier molecular flexibility index (Phi) is 5.23. The molecule has 0 saturated heterocycles. The van der Waals surface area contributed by atoms with Crippen LogP contribution in [0.25, 0.3) is 0 Å². The van der Waals surface area contributed by atoms with Crippen LogP contribution in [0, 0.1) is 0 Å². The van der Waals surface area contributed by atoms with E-state index in [9.17, 15) is 9.90 Å². The number of furan rings is 1. The Bertz CT molecular complexity index is 586. The number of benzene rings is 1. The van der Waals surface area contributed by atoms with E-state index in [2.05, 4.69) is 21.2 Å². The van der Waals surface area contributed by atoms with Crippen molar-refractivity contribution in [2.75, 3.05) is 17.8 Å². The lowest BCUT2D eigenvalue weighted by molar-refractivity contribution is -0.113. The minimum atomic E-state index is -0.354. The van der Waals surface area contributed by atoms with Crippen LogP contribution in [0.4, 0.5) is 5.69 Å². The minimum absolute atomic E-state index is 0.125. The number of aliphatic hydroxyl groups excluding tert-OH is 1. The van der Waals surface area contributed by atoms with Crippen LogP contribution in [0.15, 0.2) is 45.5 Å². The molecule has 0 aliphatic carbocycles. The van der Waals surface area contributed by atoms with Gasteiger partial charge in [-0.25, -0.2) is 0 Å². The molecular formula is C14H13BrClNO3. The van der Waals surface area contributed by atoms with E-state index < -0.39 is 0 Å². The zero-order chi connectivity index (χ0) is 14.5. The van der Waals surface area contributed by atoms with E-state index in [0.29, 0.717) is 11.4 Å². The van der Waals surface area contributed by atoms with E-state index in [4.69, 9.17) is 16.0 Å². The monoisotopic (exact) mass is 357 g/mol. The average Bonchev–Trinajstić information content (AvgIpc) is 2.96. The topological polar surface area (TPSA) is 62.5 Å². The van der Waals surface area contributed by atoms with E-state index in [1.807, 2.05) is 12.1 Å². The third kappa shape index (κ3) is 3.42. The third-order valence-electron chi connectivity index (χ3n) is 2.85. The first-order valence-corrected chi connectivity index (χ1v) is 7.28. The molecule has 1 aromatic carbocycles. The number of anilines is 1. The maximum atomic E-state index is 11.5. The molecule has 1 atom stereocenters. The molecule has 0 aliphatic heterocycles. The molecule has 1 unspecified atom stereocenters. The zero-order valence-corrected chi connectivity index (χ0v) is 12.8. The number of rotatable bonds is 5. The number of hydrogen-bond acceptors (Lipinski definition) is 3. The van der Waals surface area contributed by atoms with Crippen molar-refractivity contribution in [2.45, 2.75) is 5.92 Å². The van der Waals surface area contributed by atoms with Crippen molar-refractivity contribution >= 4 is 39.1 Å². The highest BCUT2D eigenvalue weighted by atomic mass is 79.9. The average molecular weight is 359 g/mol. The SMILES string of the molecule is O=C(CCl)Nc1ccc(Br)cc1C(CO)c1ccco1. The molecule has 0 spiro atoms. The molecule has 4 nitrogen and oxygen atoms in total. The smallest absolute Gasteiger partial charge is 0.239 e. The summed E-state index contributed by atoms with van der Waals surface area (Å²) in [5.74, 6) is -0.147. The Labute approximate surface area is 129 Å². The summed E-state index contributed by atoms with van der Waals surface area (Å²) in [7, 11) is 0. The molecule has 0 fully saturated rings. The van der Waals surface area contributed by atoms with Gasteiger partial charge in [0.15, 0.2) is 0 Å². The number of carbonyl (C=O) groups excluding carboxylic acids is 1. The normalized spacial score (nSPS) is 12.2. The Hall–Kier alpha value is -1.30. The second-order valence-corrected chi connectivity index (χ2v) is 5.35. The van der Waals surface area contributed by atoms with E-state index >= 15 is 0 Å². The van der Waals surface area contributed by atoms with E-state index in [-0.39, 0.29) is 24.3 Å². The van der Waals surface area contributed by atoms with Gasteiger partial charge in [-0.1, -0.05) is 15.9 Å². The fourth-order valence-electron chi connectivity index (χ4n) is 1.95. The predicted octanol–water partition coefficient (Wildman–Crippen LogP) is 3.34. The van der Waals surface area contributed by atoms with Crippen molar-refractivity contribution in [1.82, 2.24) is 0 Å². The molecule has 2 rings (SSSR count).